The van der Waals surface area contributed by atoms with E-state index in [9.17, 15) is 13.2 Å². The predicted octanol–water partition coefficient (Wildman–Crippen LogP) is 4.20. The normalized spacial score (nSPS) is 13.3. The lowest BCUT2D eigenvalue weighted by Gasteiger charge is -2.05. The average molecular weight is 292 g/mol. The molecule has 0 aromatic carbocycles. The van der Waals surface area contributed by atoms with Crippen LogP contribution in [0.3, 0.4) is 0 Å². The van der Waals surface area contributed by atoms with Gasteiger partial charge in [-0.3, -0.25) is 0 Å². The van der Waals surface area contributed by atoms with Crippen molar-refractivity contribution in [1.82, 2.24) is 10.3 Å². The van der Waals surface area contributed by atoms with Crippen LogP contribution in [0.4, 0.5) is 13.2 Å². The molecule has 0 fully saturated rings. The van der Waals surface area contributed by atoms with Crippen LogP contribution in [0.2, 0.25) is 0 Å². The first kappa shape index (κ1) is 16.2. The van der Waals surface area contributed by atoms with Gasteiger partial charge in [0.2, 0.25) is 0 Å². The maximum Gasteiger partial charge on any atom is 0.443 e. The third kappa shape index (κ3) is 5.74. The largest absolute Gasteiger partial charge is 0.443 e. The first-order chi connectivity index (χ1) is 8.80. The molecule has 0 radical (unpaired) electrons. The van der Waals surface area contributed by atoms with Crippen molar-refractivity contribution in [3.8, 4) is 0 Å². The molecule has 108 valence electrons. The van der Waals surface area contributed by atoms with E-state index in [1.54, 1.807) is 0 Å². The Morgan fingerprint density at radius 3 is 2.68 bits per heavy atom. The Morgan fingerprint density at radius 2 is 2.16 bits per heavy atom. The summed E-state index contributed by atoms with van der Waals surface area (Å²) in [4.78, 5) is 3.99. The maximum atomic E-state index is 12.4. The maximum absolute atomic E-state index is 12.4. The minimum absolute atomic E-state index is 0.580. The molecule has 0 aliphatic heterocycles. The molecule has 0 spiro atoms. The molecule has 0 saturated heterocycles. The van der Waals surface area contributed by atoms with Crippen molar-refractivity contribution in [1.29, 1.82) is 0 Å². The highest BCUT2D eigenvalue weighted by Crippen LogP contribution is 2.34. The number of halogens is 3. The number of rotatable bonds is 6. The Labute approximate surface area is 115 Å². The van der Waals surface area contributed by atoms with Gasteiger partial charge < -0.3 is 5.32 Å². The minimum atomic E-state index is -4.35. The number of thiazole rings is 1. The SMILES string of the molecule is C/C(=C/CCNCC(C)C)c1cnc(C(F)(F)F)s1. The first-order valence-corrected chi connectivity index (χ1v) is 7.03. The molecule has 0 saturated carbocycles. The summed E-state index contributed by atoms with van der Waals surface area (Å²) in [5.74, 6) is 0.598. The Hall–Kier alpha value is -0.880. The van der Waals surface area contributed by atoms with Gasteiger partial charge in [-0.1, -0.05) is 19.9 Å². The van der Waals surface area contributed by atoms with Gasteiger partial charge >= 0.3 is 6.18 Å². The van der Waals surface area contributed by atoms with E-state index in [1.165, 1.54) is 6.20 Å². The molecule has 1 aromatic heterocycles. The first-order valence-electron chi connectivity index (χ1n) is 6.21. The quantitative estimate of drug-likeness (QED) is 0.795. The van der Waals surface area contributed by atoms with Crippen LogP contribution in [0, 0.1) is 5.92 Å². The second-order valence-corrected chi connectivity index (χ2v) is 5.83. The van der Waals surface area contributed by atoms with Crippen LogP contribution in [0.5, 0.6) is 0 Å². The fourth-order valence-electron chi connectivity index (χ4n) is 1.47. The highest BCUT2D eigenvalue weighted by atomic mass is 32.1. The van der Waals surface area contributed by atoms with E-state index in [0.29, 0.717) is 22.1 Å². The molecule has 0 bridgehead atoms. The molecule has 1 N–H and O–H groups in total. The molecule has 0 aliphatic rings. The molecule has 1 rings (SSSR count). The van der Waals surface area contributed by atoms with Crippen molar-refractivity contribution in [2.75, 3.05) is 13.1 Å². The van der Waals surface area contributed by atoms with E-state index in [2.05, 4.69) is 24.1 Å². The van der Waals surface area contributed by atoms with E-state index in [4.69, 9.17) is 0 Å². The van der Waals surface area contributed by atoms with Crippen LogP contribution in [0.15, 0.2) is 12.3 Å². The van der Waals surface area contributed by atoms with Crippen molar-refractivity contribution in [3.05, 3.63) is 22.2 Å². The molecule has 0 amide bonds. The van der Waals surface area contributed by atoms with E-state index in [0.717, 1.165) is 25.1 Å². The standard InChI is InChI=1S/C13H19F3N2S/c1-9(2)7-17-6-4-5-10(3)11-8-18-12(19-11)13(14,15)16/h5,8-9,17H,4,6-7H2,1-3H3/b10-5-. The molecule has 1 aromatic rings. The molecule has 0 unspecified atom stereocenters. The van der Waals surface area contributed by atoms with Crippen molar-refractivity contribution in [2.24, 2.45) is 5.92 Å². The van der Waals surface area contributed by atoms with Gasteiger partial charge in [-0.15, -0.1) is 11.3 Å². The number of hydrogen-bond donors (Lipinski definition) is 1. The molecular formula is C13H19F3N2S. The van der Waals surface area contributed by atoms with Gasteiger partial charge in [0.05, 0.1) is 4.88 Å². The van der Waals surface area contributed by atoms with E-state index in [1.807, 2.05) is 13.0 Å². The van der Waals surface area contributed by atoms with Gasteiger partial charge in [-0.25, -0.2) is 4.98 Å². The van der Waals surface area contributed by atoms with Crippen LogP contribution in [0.1, 0.15) is 37.1 Å². The topological polar surface area (TPSA) is 24.9 Å². The van der Waals surface area contributed by atoms with Gasteiger partial charge in [0, 0.05) is 6.20 Å². The molecule has 6 heteroatoms. The van der Waals surface area contributed by atoms with E-state index >= 15 is 0 Å². The fraction of sp³-hybridized carbons (Fsp3) is 0.615. The van der Waals surface area contributed by atoms with Gasteiger partial charge in [0.1, 0.15) is 0 Å². The number of nitrogens with zero attached hydrogens (tertiary/aromatic N) is 1. The van der Waals surface area contributed by atoms with Gasteiger partial charge in [0.15, 0.2) is 5.01 Å². The third-order valence-corrected chi connectivity index (χ3v) is 3.64. The van der Waals surface area contributed by atoms with Crippen molar-refractivity contribution in [3.63, 3.8) is 0 Å². The predicted molar refractivity (Wildman–Crippen MR) is 73.1 cm³/mol. The number of aromatic nitrogens is 1. The van der Waals surface area contributed by atoms with Crippen LogP contribution in [0.25, 0.3) is 5.57 Å². The molecule has 0 aliphatic carbocycles. The van der Waals surface area contributed by atoms with Crippen molar-refractivity contribution in [2.45, 2.75) is 33.4 Å². The number of alkyl halides is 3. The monoisotopic (exact) mass is 292 g/mol. The second-order valence-electron chi connectivity index (χ2n) is 4.80. The fourth-order valence-corrected chi connectivity index (χ4v) is 2.25. The zero-order valence-corrected chi connectivity index (χ0v) is 12.2. The molecular weight excluding hydrogens is 273 g/mol. The summed E-state index contributed by atoms with van der Waals surface area (Å²) in [6, 6.07) is 0. The van der Waals surface area contributed by atoms with Gasteiger partial charge in [-0.05, 0) is 37.9 Å². The highest BCUT2D eigenvalue weighted by Gasteiger charge is 2.34. The lowest BCUT2D eigenvalue weighted by Crippen LogP contribution is -2.20. The summed E-state index contributed by atoms with van der Waals surface area (Å²) >= 11 is 0.692. The number of hydrogen-bond acceptors (Lipinski definition) is 3. The van der Waals surface area contributed by atoms with Crippen LogP contribution < -0.4 is 5.32 Å². The Bertz CT molecular complexity index is 422. The minimum Gasteiger partial charge on any atom is -0.316 e. The molecule has 2 nitrogen and oxygen atoms in total. The molecule has 1 heterocycles. The van der Waals surface area contributed by atoms with Crippen molar-refractivity contribution < 1.29 is 13.2 Å². The van der Waals surface area contributed by atoms with Gasteiger partial charge in [-0.2, -0.15) is 13.2 Å². The summed E-state index contributed by atoms with van der Waals surface area (Å²) in [7, 11) is 0. The second kappa shape index (κ2) is 7.05. The summed E-state index contributed by atoms with van der Waals surface area (Å²) in [5, 5.41) is 2.50. The van der Waals surface area contributed by atoms with E-state index < -0.39 is 11.2 Å². The number of nitrogens with one attached hydrogen (secondary N) is 1. The molecule has 19 heavy (non-hydrogen) atoms. The summed E-state index contributed by atoms with van der Waals surface area (Å²) in [5.41, 5.74) is 0.847. The lowest BCUT2D eigenvalue weighted by molar-refractivity contribution is -0.137. The Balaban J connectivity index is 2.48. The lowest BCUT2D eigenvalue weighted by atomic mass is 10.2. The highest BCUT2D eigenvalue weighted by molar-refractivity contribution is 7.12. The number of allylic oxidation sites excluding steroid dienone is 1. The zero-order valence-electron chi connectivity index (χ0n) is 11.3. The summed E-state index contributed by atoms with van der Waals surface area (Å²) < 4.78 is 37.2. The zero-order chi connectivity index (χ0) is 14.5. The van der Waals surface area contributed by atoms with Crippen LogP contribution in [-0.2, 0) is 6.18 Å². The third-order valence-electron chi connectivity index (χ3n) is 2.46. The molecule has 0 atom stereocenters. The van der Waals surface area contributed by atoms with Crippen LogP contribution >= 0.6 is 11.3 Å². The Kier molecular flexibility index (Phi) is 6.00. The smallest absolute Gasteiger partial charge is 0.316 e. The Morgan fingerprint density at radius 1 is 1.47 bits per heavy atom. The summed E-state index contributed by atoms with van der Waals surface area (Å²) in [6.45, 7) is 7.86. The summed E-state index contributed by atoms with van der Waals surface area (Å²) in [6.07, 6.45) is -0.304. The van der Waals surface area contributed by atoms with Crippen molar-refractivity contribution >= 4 is 16.9 Å². The van der Waals surface area contributed by atoms with Gasteiger partial charge in [0.25, 0.3) is 0 Å². The van der Waals surface area contributed by atoms with E-state index in [-0.39, 0.29) is 0 Å². The van der Waals surface area contributed by atoms with Crippen LogP contribution in [-0.4, -0.2) is 18.1 Å². The average Bonchev–Trinajstić information content (AvgIpc) is 2.76.